The summed E-state index contributed by atoms with van der Waals surface area (Å²) in [7, 11) is 1.81. The molecule has 20 heavy (non-hydrogen) atoms. The van der Waals surface area contributed by atoms with Crippen LogP contribution in [0.5, 0.6) is 0 Å². The molecule has 2 heterocycles. The summed E-state index contributed by atoms with van der Waals surface area (Å²) in [6.45, 7) is 2.38. The number of hydrogen-bond acceptors (Lipinski definition) is 4. The zero-order valence-electron chi connectivity index (χ0n) is 11.3. The molecule has 104 valence electrons. The van der Waals surface area contributed by atoms with Crippen LogP contribution in [0.25, 0.3) is 0 Å². The fraction of sp³-hybridized carbons (Fsp3) is 0.267. The minimum atomic E-state index is -0.138. The van der Waals surface area contributed by atoms with Gasteiger partial charge in [0.2, 0.25) is 0 Å². The van der Waals surface area contributed by atoms with Gasteiger partial charge in [0.1, 0.15) is 6.61 Å². The van der Waals surface area contributed by atoms with E-state index in [0.717, 1.165) is 20.9 Å². The molecular formula is C15H15NO2S2. The molecule has 2 aromatic rings. The van der Waals surface area contributed by atoms with E-state index < -0.39 is 0 Å². The minimum Gasteiger partial charge on any atom is -0.384 e. The summed E-state index contributed by atoms with van der Waals surface area (Å²) in [6.07, 6.45) is 0. The number of aliphatic hydroxyl groups is 1. The topological polar surface area (TPSA) is 40.5 Å². The first-order valence-electron chi connectivity index (χ1n) is 6.08. The van der Waals surface area contributed by atoms with Gasteiger partial charge in [0, 0.05) is 22.9 Å². The number of carbonyl (C=O) groups is 1. The summed E-state index contributed by atoms with van der Waals surface area (Å²) >= 11 is 3.05. The van der Waals surface area contributed by atoms with E-state index in [0.29, 0.717) is 6.54 Å². The number of aliphatic hydroxyl groups excluding tert-OH is 1. The summed E-state index contributed by atoms with van der Waals surface area (Å²) in [5.74, 6) is 5.53. The first kappa shape index (κ1) is 14.8. The van der Waals surface area contributed by atoms with Gasteiger partial charge < -0.3 is 10.0 Å². The first-order chi connectivity index (χ1) is 9.61. The van der Waals surface area contributed by atoms with Crippen molar-refractivity contribution in [2.75, 3.05) is 13.7 Å². The number of carbonyl (C=O) groups excluding carboxylic acids is 1. The fourth-order valence-corrected chi connectivity index (χ4v) is 3.53. The van der Waals surface area contributed by atoms with Gasteiger partial charge in [-0.3, -0.25) is 4.79 Å². The summed E-state index contributed by atoms with van der Waals surface area (Å²) < 4.78 is 0. The molecule has 1 amide bonds. The van der Waals surface area contributed by atoms with E-state index in [9.17, 15) is 4.79 Å². The molecule has 5 heteroatoms. The van der Waals surface area contributed by atoms with Crippen LogP contribution in [-0.4, -0.2) is 29.6 Å². The summed E-state index contributed by atoms with van der Waals surface area (Å²) in [5.41, 5.74) is 1.90. The third-order valence-corrected chi connectivity index (χ3v) is 4.69. The Balaban J connectivity index is 2.04. The van der Waals surface area contributed by atoms with Crippen molar-refractivity contribution >= 4 is 28.6 Å². The zero-order chi connectivity index (χ0) is 14.5. The minimum absolute atomic E-state index is 0.0499. The van der Waals surface area contributed by atoms with Crippen molar-refractivity contribution in [3.63, 3.8) is 0 Å². The van der Waals surface area contributed by atoms with E-state index in [1.807, 2.05) is 29.8 Å². The molecule has 2 aromatic heterocycles. The maximum atomic E-state index is 12.3. The molecule has 0 aliphatic carbocycles. The second-order valence-corrected chi connectivity index (χ2v) is 6.27. The molecule has 0 aliphatic rings. The maximum absolute atomic E-state index is 12.3. The van der Waals surface area contributed by atoms with Gasteiger partial charge in [-0.15, -0.1) is 22.7 Å². The van der Waals surface area contributed by atoms with E-state index in [1.165, 1.54) is 11.3 Å². The Hall–Kier alpha value is -1.61. The average molecular weight is 305 g/mol. The number of thiophene rings is 2. The molecule has 1 N–H and O–H groups in total. The van der Waals surface area contributed by atoms with Gasteiger partial charge in [0.05, 0.1) is 11.4 Å². The number of rotatable bonds is 3. The van der Waals surface area contributed by atoms with E-state index in [1.54, 1.807) is 23.3 Å². The van der Waals surface area contributed by atoms with Crippen LogP contribution in [0.15, 0.2) is 22.9 Å². The van der Waals surface area contributed by atoms with Gasteiger partial charge in [-0.2, -0.15) is 0 Å². The Morgan fingerprint density at radius 1 is 1.45 bits per heavy atom. The van der Waals surface area contributed by atoms with Crippen LogP contribution in [0.2, 0.25) is 0 Å². The maximum Gasteiger partial charge on any atom is 0.264 e. The molecular weight excluding hydrogens is 290 g/mol. The standard InChI is InChI=1S/C15H15NO2S2/c1-11-5-7-19-14(11)15(18)16(2)9-13-8-12(10-20-13)4-3-6-17/h5,7-8,10,17H,6,9H2,1-2H3. The van der Waals surface area contributed by atoms with Crippen LogP contribution in [0.3, 0.4) is 0 Å². The van der Waals surface area contributed by atoms with Crippen LogP contribution in [0.1, 0.15) is 25.7 Å². The number of amides is 1. The molecule has 0 radical (unpaired) electrons. The number of hydrogen-bond donors (Lipinski definition) is 1. The van der Waals surface area contributed by atoms with Gasteiger partial charge in [-0.1, -0.05) is 11.8 Å². The number of nitrogens with zero attached hydrogens (tertiary/aromatic N) is 1. The van der Waals surface area contributed by atoms with Crippen molar-refractivity contribution in [3.8, 4) is 11.8 Å². The van der Waals surface area contributed by atoms with Crippen LogP contribution in [0, 0.1) is 18.8 Å². The monoisotopic (exact) mass is 305 g/mol. The fourth-order valence-electron chi connectivity index (χ4n) is 1.74. The lowest BCUT2D eigenvalue weighted by atomic mass is 10.2. The summed E-state index contributed by atoms with van der Waals surface area (Å²) in [4.78, 5) is 15.9. The van der Waals surface area contributed by atoms with Gasteiger partial charge in [-0.05, 0) is 30.0 Å². The second-order valence-electron chi connectivity index (χ2n) is 4.36. The van der Waals surface area contributed by atoms with Crippen molar-refractivity contribution in [3.05, 3.63) is 43.8 Å². The van der Waals surface area contributed by atoms with E-state index in [-0.39, 0.29) is 12.5 Å². The predicted molar refractivity (Wildman–Crippen MR) is 83.1 cm³/mol. The summed E-state index contributed by atoms with van der Waals surface area (Å²) in [5, 5.41) is 12.5. The van der Waals surface area contributed by atoms with Gasteiger partial charge >= 0.3 is 0 Å². The predicted octanol–water partition coefficient (Wildman–Crippen LogP) is 2.73. The zero-order valence-corrected chi connectivity index (χ0v) is 13.0. The molecule has 0 fully saturated rings. The smallest absolute Gasteiger partial charge is 0.264 e. The van der Waals surface area contributed by atoms with E-state index >= 15 is 0 Å². The summed E-state index contributed by atoms with van der Waals surface area (Å²) in [6, 6.07) is 3.91. The average Bonchev–Trinajstić information content (AvgIpc) is 3.04. The van der Waals surface area contributed by atoms with E-state index in [4.69, 9.17) is 5.11 Å². The van der Waals surface area contributed by atoms with Crippen molar-refractivity contribution in [2.24, 2.45) is 0 Å². The Morgan fingerprint density at radius 3 is 2.90 bits per heavy atom. The van der Waals surface area contributed by atoms with Crippen molar-refractivity contribution in [1.29, 1.82) is 0 Å². The molecule has 0 aliphatic heterocycles. The molecule has 0 aromatic carbocycles. The lowest BCUT2D eigenvalue weighted by Crippen LogP contribution is -2.25. The highest BCUT2D eigenvalue weighted by Gasteiger charge is 2.16. The molecule has 0 atom stereocenters. The van der Waals surface area contributed by atoms with Crippen LogP contribution in [-0.2, 0) is 6.54 Å². The SMILES string of the molecule is Cc1ccsc1C(=O)N(C)Cc1cc(C#CCO)cs1. The van der Waals surface area contributed by atoms with Gasteiger partial charge in [0.25, 0.3) is 5.91 Å². The number of aryl methyl sites for hydroxylation is 1. The van der Waals surface area contributed by atoms with Gasteiger partial charge in [-0.25, -0.2) is 0 Å². The molecule has 0 saturated carbocycles. The third kappa shape index (κ3) is 3.48. The molecule has 0 saturated heterocycles. The van der Waals surface area contributed by atoms with Gasteiger partial charge in [0.15, 0.2) is 0 Å². The van der Waals surface area contributed by atoms with Crippen LogP contribution in [0.4, 0.5) is 0 Å². The highest BCUT2D eigenvalue weighted by atomic mass is 32.1. The molecule has 3 nitrogen and oxygen atoms in total. The first-order valence-corrected chi connectivity index (χ1v) is 7.84. The van der Waals surface area contributed by atoms with Crippen LogP contribution >= 0.6 is 22.7 Å². The highest BCUT2D eigenvalue weighted by Crippen LogP contribution is 2.20. The quantitative estimate of drug-likeness (QED) is 0.886. The van der Waals surface area contributed by atoms with E-state index in [2.05, 4.69) is 11.8 Å². The van der Waals surface area contributed by atoms with Crippen molar-refractivity contribution < 1.29 is 9.90 Å². The molecule has 0 unspecified atom stereocenters. The van der Waals surface area contributed by atoms with Crippen LogP contribution < -0.4 is 0 Å². The normalized spacial score (nSPS) is 9.95. The molecule has 2 rings (SSSR count). The molecule has 0 bridgehead atoms. The lowest BCUT2D eigenvalue weighted by molar-refractivity contribution is 0.0790. The Morgan fingerprint density at radius 2 is 2.25 bits per heavy atom. The Kier molecular flexibility index (Phi) is 4.96. The largest absolute Gasteiger partial charge is 0.384 e. The highest BCUT2D eigenvalue weighted by molar-refractivity contribution is 7.12. The second kappa shape index (κ2) is 6.71. The van der Waals surface area contributed by atoms with Crippen molar-refractivity contribution in [1.82, 2.24) is 4.90 Å². The Bertz CT molecular complexity index is 661. The van der Waals surface area contributed by atoms with Crippen molar-refractivity contribution in [2.45, 2.75) is 13.5 Å². The molecule has 0 spiro atoms. The third-order valence-electron chi connectivity index (χ3n) is 2.76. The Labute approximate surface area is 126 Å². The lowest BCUT2D eigenvalue weighted by Gasteiger charge is -2.15.